The molecule has 0 saturated carbocycles. The minimum atomic E-state index is -0.217. The molecule has 1 aliphatic rings. The van der Waals surface area contributed by atoms with E-state index in [1.54, 1.807) is 19.3 Å². The van der Waals surface area contributed by atoms with E-state index in [4.69, 9.17) is 4.74 Å². The average Bonchev–Trinajstić information content (AvgIpc) is 2.64. The van der Waals surface area contributed by atoms with Crippen molar-refractivity contribution in [3.63, 3.8) is 0 Å². The smallest absolute Gasteiger partial charge is 0.254 e. The van der Waals surface area contributed by atoms with Crippen LogP contribution in [0.5, 0.6) is 0 Å². The Balaban J connectivity index is 0.00000301. The Morgan fingerprint density at radius 1 is 1.19 bits per heavy atom. The molecule has 0 aromatic rings. The van der Waals surface area contributed by atoms with Crippen LogP contribution in [0.2, 0.25) is 0 Å². The highest BCUT2D eigenvalue weighted by atomic mass is 16.5. The van der Waals surface area contributed by atoms with Crippen molar-refractivity contribution in [1.82, 2.24) is 5.32 Å². The number of nitrogens with one attached hydrogen (secondary N) is 1. The summed E-state index contributed by atoms with van der Waals surface area (Å²) in [5.41, 5.74) is 2.29. The zero-order chi connectivity index (χ0) is 19.9. The van der Waals surface area contributed by atoms with Crippen LogP contribution in [-0.4, -0.2) is 30.8 Å². The van der Waals surface area contributed by atoms with Crippen molar-refractivity contribution < 1.29 is 14.6 Å². The summed E-state index contributed by atoms with van der Waals surface area (Å²) in [6, 6.07) is 0. The number of hydrogen-bond acceptors (Lipinski definition) is 3. The molecule has 0 bridgehead atoms. The molecule has 4 heteroatoms. The molecule has 1 amide bonds. The van der Waals surface area contributed by atoms with Gasteiger partial charge in [0, 0.05) is 20.1 Å². The van der Waals surface area contributed by atoms with Gasteiger partial charge in [-0.2, -0.15) is 0 Å². The number of allylic oxidation sites excluding steroid dienone is 5. The maximum Gasteiger partial charge on any atom is 0.254 e. The second-order valence-electron chi connectivity index (χ2n) is 6.34. The third-order valence-electron chi connectivity index (χ3n) is 4.22. The highest BCUT2D eigenvalue weighted by Crippen LogP contribution is 2.18. The Hall–Kier alpha value is -1.81. The lowest BCUT2D eigenvalue weighted by atomic mass is 10.0. The van der Waals surface area contributed by atoms with Crippen LogP contribution < -0.4 is 5.32 Å². The molecule has 0 aliphatic carbocycles. The van der Waals surface area contributed by atoms with Gasteiger partial charge in [-0.05, 0) is 51.2 Å². The van der Waals surface area contributed by atoms with Gasteiger partial charge in [0.05, 0.1) is 11.7 Å². The standard InChI is InChI=1S/C20H31NO3.C2H6/c1-5-15(2)13-16(3)14-18-19(22)11-7-6-9-17(24-4)10-8-12-21-20(18)23;1-2/h5,13-14,17,22H,1,6-12H2,2-4H3,(H,21,23);1-2H3/b15-13-,16-14+,19-18+;. The number of methoxy groups -OCH3 is 1. The lowest BCUT2D eigenvalue weighted by Gasteiger charge is -2.17. The summed E-state index contributed by atoms with van der Waals surface area (Å²) in [5, 5.41) is 13.3. The summed E-state index contributed by atoms with van der Waals surface area (Å²) >= 11 is 0. The fourth-order valence-electron chi connectivity index (χ4n) is 2.77. The molecule has 0 saturated heterocycles. The van der Waals surface area contributed by atoms with Gasteiger partial charge in [0.2, 0.25) is 0 Å². The predicted molar refractivity (Wildman–Crippen MR) is 110 cm³/mol. The van der Waals surface area contributed by atoms with E-state index < -0.39 is 0 Å². The van der Waals surface area contributed by atoms with E-state index in [0.717, 1.165) is 43.3 Å². The van der Waals surface area contributed by atoms with Gasteiger partial charge >= 0.3 is 0 Å². The molecule has 148 valence electrons. The summed E-state index contributed by atoms with van der Waals surface area (Å²) < 4.78 is 5.46. The maximum atomic E-state index is 12.4. The SMILES string of the molecule is C=C\C(C)=C/C(C)=C/C1=C(\O)CCCCC(OC)CCCNC1=O.CC. The average molecular weight is 364 g/mol. The first kappa shape index (κ1) is 24.2. The second kappa shape index (κ2) is 14.4. The fraction of sp³-hybridized carbons (Fsp3) is 0.591. The summed E-state index contributed by atoms with van der Waals surface area (Å²) in [5.74, 6) is -0.0582. The Bertz CT molecular complexity index is 530. The summed E-state index contributed by atoms with van der Waals surface area (Å²) in [7, 11) is 1.73. The molecule has 1 unspecified atom stereocenters. The van der Waals surface area contributed by atoms with E-state index in [0.29, 0.717) is 18.5 Å². The zero-order valence-corrected chi connectivity index (χ0v) is 17.2. The maximum absolute atomic E-state index is 12.4. The molecule has 0 radical (unpaired) electrons. The third-order valence-corrected chi connectivity index (χ3v) is 4.22. The molecule has 1 atom stereocenters. The van der Waals surface area contributed by atoms with Gasteiger partial charge in [-0.25, -0.2) is 0 Å². The lowest BCUT2D eigenvalue weighted by Crippen LogP contribution is -2.27. The van der Waals surface area contributed by atoms with E-state index in [-0.39, 0.29) is 17.8 Å². The van der Waals surface area contributed by atoms with Crippen molar-refractivity contribution in [2.75, 3.05) is 13.7 Å². The number of rotatable bonds is 4. The van der Waals surface area contributed by atoms with Crippen molar-refractivity contribution in [2.24, 2.45) is 0 Å². The Morgan fingerprint density at radius 3 is 2.46 bits per heavy atom. The first-order valence-corrected chi connectivity index (χ1v) is 9.70. The normalized spacial score (nSPS) is 23.7. The van der Waals surface area contributed by atoms with Crippen molar-refractivity contribution in [3.05, 3.63) is 47.3 Å². The number of aliphatic hydroxyl groups is 1. The summed E-state index contributed by atoms with van der Waals surface area (Å²) in [6.07, 6.45) is 10.8. The molecular weight excluding hydrogens is 326 g/mol. The van der Waals surface area contributed by atoms with Crippen LogP contribution in [0.3, 0.4) is 0 Å². The van der Waals surface area contributed by atoms with Gasteiger partial charge in [-0.15, -0.1) is 0 Å². The Labute approximate surface area is 159 Å². The first-order chi connectivity index (χ1) is 12.5. The third kappa shape index (κ3) is 9.62. The first-order valence-electron chi connectivity index (χ1n) is 9.70. The number of amides is 1. The molecule has 26 heavy (non-hydrogen) atoms. The van der Waals surface area contributed by atoms with E-state index in [1.165, 1.54) is 0 Å². The van der Waals surface area contributed by atoms with E-state index in [9.17, 15) is 9.90 Å². The minimum absolute atomic E-state index is 0.158. The quantitative estimate of drug-likeness (QED) is 0.659. The van der Waals surface area contributed by atoms with Gasteiger partial charge in [0.25, 0.3) is 5.91 Å². The number of aliphatic hydroxyl groups excluding tert-OH is 1. The van der Waals surface area contributed by atoms with Crippen LogP contribution in [0.25, 0.3) is 0 Å². The number of carbonyl (C=O) groups excluding carboxylic acids is 1. The number of carbonyl (C=O) groups is 1. The zero-order valence-electron chi connectivity index (χ0n) is 17.2. The largest absolute Gasteiger partial charge is 0.511 e. The van der Waals surface area contributed by atoms with E-state index in [2.05, 4.69) is 11.9 Å². The van der Waals surface area contributed by atoms with Crippen LogP contribution in [0.15, 0.2) is 47.3 Å². The van der Waals surface area contributed by atoms with Gasteiger partial charge < -0.3 is 15.2 Å². The van der Waals surface area contributed by atoms with E-state index in [1.807, 2.05) is 33.8 Å². The topological polar surface area (TPSA) is 58.6 Å². The minimum Gasteiger partial charge on any atom is -0.511 e. The van der Waals surface area contributed by atoms with Crippen LogP contribution in [0.1, 0.15) is 66.2 Å². The summed E-state index contributed by atoms with van der Waals surface area (Å²) in [4.78, 5) is 12.4. The van der Waals surface area contributed by atoms with Crippen molar-refractivity contribution >= 4 is 5.91 Å². The summed E-state index contributed by atoms with van der Waals surface area (Å²) in [6.45, 7) is 12.2. The Kier molecular flexibility index (Phi) is 13.4. The highest BCUT2D eigenvalue weighted by Gasteiger charge is 2.15. The highest BCUT2D eigenvalue weighted by molar-refractivity contribution is 5.96. The molecule has 0 aromatic heterocycles. The molecule has 1 rings (SSSR count). The van der Waals surface area contributed by atoms with E-state index >= 15 is 0 Å². The molecule has 1 aliphatic heterocycles. The van der Waals surface area contributed by atoms with Crippen molar-refractivity contribution in [2.45, 2.75) is 72.3 Å². The molecule has 1 heterocycles. The van der Waals surface area contributed by atoms with Gasteiger partial charge in [-0.1, -0.05) is 44.6 Å². The van der Waals surface area contributed by atoms with Gasteiger partial charge in [-0.3, -0.25) is 4.79 Å². The molecule has 0 aromatic carbocycles. The molecule has 0 fully saturated rings. The van der Waals surface area contributed by atoms with Crippen LogP contribution in [0, 0.1) is 0 Å². The monoisotopic (exact) mass is 363 g/mol. The lowest BCUT2D eigenvalue weighted by molar-refractivity contribution is -0.117. The van der Waals surface area contributed by atoms with Crippen LogP contribution >= 0.6 is 0 Å². The number of ether oxygens (including phenoxy) is 1. The molecule has 4 nitrogen and oxygen atoms in total. The number of hydrogen-bond donors (Lipinski definition) is 2. The van der Waals surface area contributed by atoms with Crippen molar-refractivity contribution in [1.29, 1.82) is 0 Å². The Morgan fingerprint density at radius 2 is 1.85 bits per heavy atom. The van der Waals surface area contributed by atoms with Crippen molar-refractivity contribution in [3.8, 4) is 0 Å². The molecular formula is C22H37NO3. The van der Waals surface area contributed by atoms with Crippen LogP contribution in [0.4, 0.5) is 0 Å². The molecule has 2 N–H and O–H groups in total. The fourth-order valence-corrected chi connectivity index (χ4v) is 2.77. The predicted octanol–water partition coefficient (Wildman–Crippen LogP) is 5.39. The van der Waals surface area contributed by atoms with Gasteiger partial charge in [0.15, 0.2) is 0 Å². The second-order valence-corrected chi connectivity index (χ2v) is 6.34. The van der Waals surface area contributed by atoms with Gasteiger partial charge in [0.1, 0.15) is 5.76 Å². The molecule has 0 spiro atoms. The van der Waals surface area contributed by atoms with Crippen LogP contribution in [-0.2, 0) is 9.53 Å².